The fourth-order valence-corrected chi connectivity index (χ4v) is 3.59. The average molecular weight is 480 g/mol. The summed E-state index contributed by atoms with van der Waals surface area (Å²) in [5, 5.41) is 18.3. The van der Waals surface area contributed by atoms with Crippen LogP contribution in [0.3, 0.4) is 0 Å². The smallest absolute Gasteiger partial charge is 0.328 e. The molecular formula is C23H25N7O3S. The summed E-state index contributed by atoms with van der Waals surface area (Å²) in [6.45, 7) is 8.85. The van der Waals surface area contributed by atoms with Crippen molar-refractivity contribution < 1.29 is 14.3 Å². The molecule has 1 unspecified atom stereocenters. The van der Waals surface area contributed by atoms with Crippen molar-refractivity contribution in [2.24, 2.45) is 0 Å². The Labute approximate surface area is 201 Å². The molecule has 176 valence electrons. The van der Waals surface area contributed by atoms with Crippen LogP contribution in [0.15, 0.2) is 36.7 Å². The second-order valence-electron chi connectivity index (χ2n) is 8.43. The van der Waals surface area contributed by atoms with E-state index >= 15 is 0 Å². The largest absolute Gasteiger partial charge is 0.458 e. The molecule has 10 nitrogen and oxygen atoms in total. The molecule has 0 aliphatic carbocycles. The predicted molar refractivity (Wildman–Crippen MR) is 130 cm³/mol. The van der Waals surface area contributed by atoms with Crippen molar-refractivity contribution in [1.82, 2.24) is 14.3 Å². The average Bonchev–Trinajstić information content (AvgIpc) is 3.14. The zero-order valence-corrected chi connectivity index (χ0v) is 20.3. The lowest BCUT2D eigenvalue weighted by atomic mass is 10.2. The molecule has 3 aromatic heterocycles. The van der Waals surface area contributed by atoms with E-state index in [0.717, 1.165) is 11.5 Å². The first-order valence-electron chi connectivity index (χ1n) is 10.4. The van der Waals surface area contributed by atoms with Gasteiger partial charge in [0.25, 0.3) is 5.91 Å². The molecule has 0 bridgehead atoms. The molecule has 0 saturated heterocycles. The number of aryl methyl sites for hydroxylation is 1. The molecule has 0 saturated carbocycles. The minimum atomic E-state index is -0.587. The molecule has 1 atom stereocenters. The number of nitrogens with zero attached hydrogens (tertiary/aromatic N) is 4. The third-order valence-corrected chi connectivity index (χ3v) is 5.22. The SMILES string of the molecule is Cc1nsc(Nc2ccc(C#N)cn2)c1C(=O)Nc1ccc(NC(C)C(=O)OC(C)(C)C)nc1. The van der Waals surface area contributed by atoms with Gasteiger partial charge in [0.2, 0.25) is 0 Å². The highest BCUT2D eigenvalue weighted by Crippen LogP contribution is 2.28. The van der Waals surface area contributed by atoms with Crippen LogP contribution in [-0.4, -0.2) is 37.9 Å². The maximum Gasteiger partial charge on any atom is 0.328 e. The summed E-state index contributed by atoms with van der Waals surface area (Å²) in [7, 11) is 0. The lowest BCUT2D eigenvalue weighted by Crippen LogP contribution is -2.34. The van der Waals surface area contributed by atoms with Gasteiger partial charge in [0, 0.05) is 6.20 Å². The molecule has 0 aromatic carbocycles. The lowest BCUT2D eigenvalue weighted by Gasteiger charge is -2.22. The molecule has 0 aliphatic heterocycles. The summed E-state index contributed by atoms with van der Waals surface area (Å²) < 4.78 is 9.62. The number of ether oxygens (including phenoxy) is 1. The summed E-state index contributed by atoms with van der Waals surface area (Å²) >= 11 is 1.14. The summed E-state index contributed by atoms with van der Waals surface area (Å²) in [5.41, 5.74) is 1.30. The van der Waals surface area contributed by atoms with Gasteiger partial charge in [0.15, 0.2) is 0 Å². The normalized spacial score (nSPS) is 11.8. The van der Waals surface area contributed by atoms with Crippen LogP contribution < -0.4 is 16.0 Å². The molecular weight excluding hydrogens is 454 g/mol. The zero-order valence-electron chi connectivity index (χ0n) is 19.5. The fourth-order valence-electron chi connectivity index (χ4n) is 2.79. The predicted octanol–water partition coefficient (Wildman–Crippen LogP) is 4.25. The second kappa shape index (κ2) is 10.3. The standard InChI is InChI=1S/C23H25N7O3S/c1-13-19(21(34-30-13)29-18-8-6-15(10-24)11-25-18)20(31)28-16-7-9-17(26-12-16)27-14(2)22(32)33-23(3,4)5/h6-9,11-12,14H,1-5H3,(H,25,29)(H,26,27)(H,28,31). The maximum absolute atomic E-state index is 12.9. The van der Waals surface area contributed by atoms with E-state index in [4.69, 9.17) is 10.00 Å². The van der Waals surface area contributed by atoms with Crippen LogP contribution in [0.2, 0.25) is 0 Å². The van der Waals surface area contributed by atoms with E-state index in [1.165, 1.54) is 12.4 Å². The highest BCUT2D eigenvalue weighted by Gasteiger charge is 2.22. The van der Waals surface area contributed by atoms with E-state index < -0.39 is 11.6 Å². The molecule has 3 aromatic rings. The molecule has 3 N–H and O–H groups in total. The number of nitriles is 1. The van der Waals surface area contributed by atoms with Crippen molar-refractivity contribution in [3.63, 3.8) is 0 Å². The second-order valence-corrected chi connectivity index (χ2v) is 9.20. The fraction of sp³-hybridized carbons (Fsp3) is 0.304. The minimum Gasteiger partial charge on any atom is -0.458 e. The van der Waals surface area contributed by atoms with Gasteiger partial charge in [-0.25, -0.2) is 14.8 Å². The van der Waals surface area contributed by atoms with Crippen LogP contribution in [0.4, 0.5) is 22.3 Å². The molecule has 3 rings (SSSR count). The number of pyridine rings is 2. The molecule has 1 amide bonds. The molecule has 11 heteroatoms. The van der Waals surface area contributed by atoms with Crippen molar-refractivity contribution >= 4 is 45.7 Å². The number of nitrogens with one attached hydrogen (secondary N) is 3. The van der Waals surface area contributed by atoms with Crippen LogP contribution >= 0.6 is 11.5 Å². The van der Waals surface area contributed by atoms with E-state index in [2.05, 4.69) is 30.3 Å². The Kier molecular flexibility index (Phi) is 7.43. The Morgan fingerprint density at radius 3 is 2.41 bits per heavy atom. The number of rotatable bonds is 7. The number of esters is 1. The molecule has 0 fully saturated rings. The van der Waals surface area contributed by atoms with Crippen molar-refractivity contribution in [3.05, 3.63) is 53.5 Å². The van der Waals surface area contributed by atoms with Gasteiger partial charge in [-0.2, -0.15) is 9.64 Å². The van der Waals surface area contributed by atoms with Crippen molar-refractivity contribution in [3.8, 4) is 6.07 Å². The number of anilines is 4. The van der Waals surface area contributed by atoms with Crippen molar-refractivity contribution in [1.29, 1.82) is 5.26 Å². The lowest BCUT2D eigenvalue weighted by molar-refractivity contribution is -0.155. The first-order chi connectivity index (χ1) is 16.1. The van der Waals surface area contributed by atoms with Crippen LogP contribution in [0.5, 0.6) is 0 Å². The topological polar surface area (TPSA) is 142 Å². The Balaban J connectivity index is 1.65. The number of hydrogen-bond acceptors (Lipinski definition) is 10. The number of carbonyl (C=O) groups excluding carboxylic acids is 2. The number of aromatic nitrogens is 3. The van der Waals surface area contributed by atoms with E-state index in [9.17, 15) is 9.59 Å². The zero-order chi connectivity index (χ0) is 24.9. The summed E-state index contributed by atoms with van der Waals surface area (Å²) in [5.74, 6) is 0.225. The first kappa shape index (κ1) is 24.6. The van der Waals surface area contributed by atoms with Crippen molar-refractivity contribution in [2.75, 3.05) is 16.0 Å². The molecule has 0 radical (unpaired) electrons. The van der Waals surface area contributed by atoms with Crippen LogP contribution in [0, 0.1) is 18.3 Å². The van der Waals surface area contributed by atoms with Gasteiger partial charge in [0.05, 0.1) is 28.7 Å². The number of amides is 1. The van der Waals surface area contributed by atoms with Gasteiger partial charge in [-0.1, -0.05) is 0 Å². The van der Waals surface area contributed by atoms with E-state index in [-0.39, 0.29) is 11.9 Å². The van der Waals surface area contributed by atoms with Crippen LogP contribution in [-0.2, 0) is 9.53 Å². The monoisotopic (exact) mass is 479 g/mol. The van der Waals surface area contributed by atoms with Gasteiger partial charge in [-0.3, -0.25) is 4.79 Å². The van der Waals surface area contributed by atoms with Gasteiger partial charge >= 0.3 is 5.97 Å². The number of hydrogen-bond donors (Lipinski definition) is 3. The Morgan fingerprint density at radius 1 is 1.12 bits per heavy atom. The third kappa shape index (κ3) is 6.49. The third-order valence-electron chi connectivity index (χ3n) is 4.37. The minimum absolute atomic E-state index is 0.355. The van der Waals surface area contributed by atoms with Crippen LogP contribution in [0.1, 0.15) is 49.3 Å². The number of carbonyl (C=O) groups is 2. The molecule has 0 spiro atoms. The first-order valence-corrected chi connectivity index (χ1v) is 11.2. The van der Waals surface area contributed by atoms with E-state index in [1.807, 2.05) is 6.07 Å². The highest BCUT2D eigenvalue weighted by molar-refractivity contribution is 7.10. The quantitative estimate of drug-likeness (QED) is 0.424. The summed E-state index contributed by atoms with van der Waals surface area (Å²) in [6, 6.07) is 8.05. The summed E-state index contributed by atoms with van der Waals surface area (Å²) in [6.07, 6.45) is 2.94. The Bertz CT molecular complexity index is 1210. The maximum atomic E-state index is 12.9. The molecule has 0 aliphatic rings. The van der Waals surface area contributed by atoms with Gasteiger partial charge in [-0.05, 0) is 70.4 Å². The van der Waals surface area contributed by atoms with Gasteiger partial charge in [-0.15, -0.1) is 0 Å². The Morgan fingerprint density at radius 2 is 1.82 bits per heavy atom. The van der Waals surface area contributed by atoms with Gasteiger partial charge in [0.1, 0.15) is 34.3 Å². The van der Waals surface area contributed by atoms with Crippen molar-refractivity contribution in [2.45, 2.75) is 46.3 Å². The summed E-state index contributed by atoms with van der Waals surface area (Å²) in [4.78, 5) is 33.5. The highest BCUT2D eigenvalue weighted by atomic mass is 32.1. The van der Waals surface area contributed by atoms with E-state index in [1.54, 1.807) is 58.9 Å². The Hall–Kier alpha value is -4.04. The molecule has 3 heterocycles. The molecule has 34 heavy (non-hydrogen) atoms. The van der Waals surface area contributed by atoms with Crippen LogP contribution in [0.25, 0.3) is 0 Å². The van der Waals surface area contributed by atoms with E-state index in [0.29, 0.717) is 39.1 Å². The van der Waals surface area contributed by atoms with Gasteiger partial charge < -0.3 is 20.7 Å².